The molecule has 1 aromatic rings. The maximum Gasteiger partial charge on any atom is 0.336 e. The van der Waals surface area contributed by atoms with Gasteiger partial charge < -0.3 is 10.4 Å². The molecule has 1 aliphatic carbocycles. The van der Waals surface area contributed by atoms with Crippen molar-refractivity contribution >= 4 is 29.1 Å². The van der Waals surface area contributed by atoms with Crippen molar-refractivity contribution in [1.82, 2.24) is 0 Å². The van der Waals surface area contributed by atoms with Crippen LogP contribution in [0.5, 0.6) is 0 Å². The lowest BCUT2D eigenvalue weighted by atomic mass is 10.1. The zero-order valence-electron chi connectivity index (χ0n) is 12.0. The molecule has 1 fully saturated rings. The van der Waals surface area contributed by atoms with E-state index in [4.69, 9.17) is 5.11 Å². The van der Waals surface area contributed by atoms with Gasteiger partial charge in [-0.1, -0.05) is 6.42 Å². The van der Waals surface area contributed by atoms with Crippen molar-refractivity contribution in [2.24, 2.45) is 0 Å². The van der Waals surface area contributed by atoms with E-state index in [1.165, 1.54) is 6.07 Å². The molecule has 21 heavy (non-hydrogen) atoms. The number of nitro benzene ring substituents is 1. The Hall–Kier alpha value is -1.76. The third-order valence-electron chi connectivity index (χ3n) is 3.92. The van der Waals surface area contributed by atoms with Crippen LogP contribution in [0, 0.1) is 17.0 Å². The minimum absolute atomic E-state index is 0.0616. The second-order valence-electron chi connectivity index (χ2n) is 5.19. The number of aromatic carboxylic acids is 1. The van der Waals surface area contributed by atoms with E-state index in [-0.39, 0.29) is 17.3 Å². The quantitative estimate of drug-likeness (QED) is 0.640. The highest BCUT2D eigenvalue weighted by molar-refractivity contribution is 7.99. The first-order valence-electron chi connectivity index (χ1n) is 6.75. The summed E-state index contributed by atoms with van der Waals surface area (Å²) in [7, 11) is 0. The van der Waals surface area contributed by atoms with Gasteiger partial charge in [-0.3, -0.25) is 10.1 Å². The van der Waals surface area contributed by atoms with Crippen LogP contribution in [0.4, 0.5) is 11.4 Å². The molecule has 0 bridgehead atoms. The molecule has 1 aromatic carbocycles. The summed E-state index contributed by atoms with van der Waals surface area (Å²) in [6.45, 7) is 1.65. The average molecular weight is 310 g/mol. The molecule has 0 aromatic heterocycles. The number of carboxylic acid groups (broad SMARTS) is 1. The summed E-state index contributed by atoms with van der Waals surface area (Å²) in [5.41, 5.74) is 0.814. The Morgan fingerprint density at radius 2 is 2.19 bits per heavy atom. The molecule has 0 heterocycles. The highest BCUT2D eigenvalue weighted by Crippen LogP contribution is 2.34. The van der Waals surface area contributed by atoms with Gasteiger partial charge in [-0.25, -0.2) is 4.79 Å². The molecular formula is C14H18N2O4S. The van der Waals surface area contributed by atoms with Crippen LogP contribution in [0.1, 0.15) is 35.2 Å². The molecular weight excluding hydrogens is 292 g/mol. The Labute approximate surface area is 127 Å². The maximum absolute atomic E-state index is 11.1. The molecule has 114 valence electrons. The van der Waals surface area contributed by atoms with E-state index in [0.717, 1.165) is 25.3 Å². The minimum atomic E-state index is -1.16. The molecule has 0 amide bonds. The number of hydrogen-bond donors (Lipinski definition) is 2. The van der Waals surface area contributed by atoms with Crippen molar-refractivity contribution in [3.05, 3.63) is 33.4 Å². The van der Waals surface area contributed by atoms with Crippen LogP contribution in [0.3, 0.4) is 0 Å². The predicted octanol–water partition coefficient (Wildman–Crippen LogP) is 3.30. The number of nitro groups is 1. The van der Waals surface area contributed by atoms with E-state index >= 15 is 0 Å². The van der Waals surface area contributed by atoms with Crippen LogP contribution in [0.15, 0.2) is 12.1 Å². The van der Waals surface area contributed by atoms with Gasteiger partial charge in [0.1, 0.15) is 0 Å². The van der Waals surface area contributed by atoms with Gasteiger partial charge in [0.2, 0.25) is 0 Å². The van der Waals surface area contributed by atoms with Crippen molar-refractivity contribution in [2.75, 3.05) is 11.6 Å². The third-order valence-corrected chi connectivity index (χ3v) is 5.09. The fraction of sp³-hybridized carbons (Fsp3) is 0.500. The zero-order valence-corrected chi connectivity index (χ0v) is 12.8. The van der Waals surface area contributed by atoms with Crippen LogP contribution in [-0.4, -0.2) is 33.5 Å². The summed E-state index contributed by atoms with van der Waals surface area (Å²) in [6.07, 6.45) is 5.27. The van der Waals surface area contributed by atoms with Gasteiger partial charge >= 0.3 is 5.97 Å². The fourth-order valence-corrected chi connectivity index (χ4v) is 3.67. The molecule has 6 nitrogen and oxygen atoms in total. The number of carboxylic acids is 1. The second kappa shape index (κ2) is 6.34. The molecule has 1 saturated carbocycles. The van der Waals surface area contributed by atoms with Gasteiger partial charge in [0.05, 0.1) is 10.5 Å². The van der Waals surface area contributed by atoms with Crippen LogP contribution < -0.4 is 5.32 Å². The van der Waals surface area contributed by atoms with Crippen molar-refractivity contribution in [3.8, 4) is 0 Å². The van der Waals surface area contributed by atoms with Crippen LogP contribution >= 0.6 is 11.8 Å². The summed E-state index contributed by atoms with van der Waals surface area (Å²) >= 11 is 1.77. The molecule has 7 heteroatoms. The minimum Gasteiger partial charge on any atom is -0.478 e. The van der Waals surface area contributed by atoms with Gasteiger partial charge in [-0.15, -0.1) is 0 Å². The smallest absolute Gasteiger partial charge is 0.336 e. The Morgan fingerprint density at radius 3 is 2.76 bits per heavy atom. The first kappa shape index (κ1) is 15.6. The SMILES string of the molecule is CSC1CCCC1Nc1cc(C(=O)O)cc([N+](=O)[O-])c1C. The number of nitrogens with zero attached hydrogens (tertiary/aromatic N) is 1. The maximum atomic E-state index is 11.1. The van der Waals surface area contributed by atoms with Crippen molar-refractivity contribution in [2.45, 2.75) is 37.5 Å². The number of carbonyl (C=O) groups is 1. The summed E-state index contributed by atoms with van der Waals surface area (Å²) in [5, 5.41) is 24.0. The van der Waals surface area contributed by atoms with Crippen LogP contribution in [0.25, 0.3) is 0 Å². The lowest BCUT2D eigenvalue weighted by Crippen LogP contribution is -2.26. The van der Waals surface area contributed by atoms with Crippen molar-refractivity contribution < 1.29 is 14.8 Å². The topological polar surface area (TPSA) is 92.5 Å². The molecule has 0 spiro atoms. The molecule has 0 radical (unpaired) electrons. The predicted molar refractivity (Wildman–Crippen MR) is 83.4 cm³/mol. The summed E-state index contributed by atoms with van der Waals surface area (Å²) in [5.74, 6) is -1.16. The fourth-order valence-electron chi connectivity index (χ4n) is 2.73. The second-order valence-corrected chi connectivity index (χ2v) is 6.26. The molecule has 2 unspecified atom stereocenters. The Morgan fingerprint density at radius 1 is 1.48 bits per heavy atom. The lowest BCUT2D eigenvalue weighted by molar-refractivity contribution is -0.385. The van der Waals surface area contributed by atoms with Crippen molar-refractivity contribution in [3.63, 3.8) is 0 Å². The number of nitrogens with one attached hydrogen (secondary N) is 1. The molecule has 2 atom stereocenters. The van der Waals surface area contributed by atoms with Gasteiger partial charge in [0, 0.05) is 28.6 Å². The Bertz CT molecular complexity index is 576. The van der Waals surface area contributed by atoms with Crippen molar-refractivity contribution in [1.29, 1.82) is 0 Å². The molecule has 2 N–H and O–H groups in total. The van der Waals surface area contributed by atoms with Gasteiger partial charge in [0.25, 0.3) is 5.69 Å². The summed E-state index contributed by atoms with van der Waals surface area (Å²) in [6, 6.07) is 2.83. The Balaban J connectivity index is 2.37. The molecule has 0 saturated heterocycles. The standard InChI is InChI=1S/C14H18N2O4S/c1-8-11(15-10-4-3-5-13(10)21-2)6-9(14(17)18)7-12(8)16(19)20/h6-7,10,13,15H,3-5H2,1-2H3,(H,17,18). The van der Waals surface area contributed by atoms with E-state index < -0.39 is 10.9 Å². The van der Waals surface area contributed by atoms with Crippen LogP contribution in [0.2, 0.25) is 0 Å². The normalized spacial score (nSPS) is 21.2. The monoisotopic (exact) mass is 310 g/mol. The number of rotatable bonds is 5. The summed E-state index contributed by atoms with van der Waals surface area (Å²) < 4.78 is 0. The average Bonchev–Trinajstić information content (AvgIpc) is 2.87. The zero-order chi connectivity index (χ0) is 15.6. The number of hydrogen-bond acceptors (Lipinski definition) is 5. The Kier molecular flexibility index (Phi) is 4.72. The molecule has 2 rings (SSSR count). The van der Waals surface area contributed by atoms with E-state index in [2.05, 4.69) is 5.32 Å². The van der Waals surface area contributed by atoms with E-state index in [0.29, 0.717) is 16.5 Å². The van der Waals surface area contributed by atoms with Gasteiger partial charge in [0.15, 0.2) is 0 Å². The first-order valence-corrected chi connectivity index (χ1v) is 8.04. The number of anilines is 1. The summed E-state index contributed by atoms with van der Waals surface area (Å²) in [4.78, 5) is 21.7. The van der Waals surface area contributed by atoms with Crippen LogP contribution in [-0.2, 0) is 0 Å². The van der Waals surface area contributed by atoms with Gasteiger partial charge in [-0.2, -0.15) is 11.8 Å². The highest BCUT2D eigenvalue weighted by Gasteiger charge is 2.28. The third kappa shape index (κ3) is 3.29. The molecule has 1 aliphatic rings. The van der Waals surface area contributed by atoms with Gasteiger partial charge in [-0.05, 0) is 32.1 Å². The van der Waals surface area contributed by atoms with E-state index in [1.807, 2.05) is 6.26 Å². The van der Waals surface area contributed by atoms with E-state index in [1.54, 1.807) is 18.7 Å². The number of thioether (sulfide) groups is 1. The lowest BCUT2D eigenvalue weighted by Gasteiger charge is -2.22. The molecule has 0 aliphatic heterocycles. The van der Waals surface area contributed by atoms with E-state index in [9.17, 15) is 14.9 Å². The first-order chi connectivity index (χ1) is 9.93. The number of benzene rings is 1. The highest BCUT2D eigenvalue weighted by atomic mass is 32.2. The largest absolute Gasteiger partial charge is 0.478 e.